The summed E-state index contributed by atoms with van der Waals surface area (Å²) in [5.41, 5.74) is 2.91. The number of hydrogen-bond donors (Lipinski definition) is 3. The van der Waals surface area contributed by atoms with Gasteiger partial charge in [-0.15, -0.1) is 0 Å². The van der Waals surface area contributed by atoms with Crippen molar-refractivity contribution < 1.29 is 19.4 Å². The summed E-state index contributed by atoms with van der Waals surface area (Å²) in [6, 6.07) is 14.6. The van der Waals surface area contributed by atoms with Crippen molar-refractivity contribution in [2.24, 2.45) is 0 Å². The maximum absolute atomic E-state index is 12.4. The van der Waals surface area contributed by atoms with Crippen LogP contribution in [0.3, 0.4) is 0 Å². The van der Waals surface area contributed by atoms with Gasteiger partial charge in [-0.05, 0) is 48.4 Å². The van der Waals surface area contributed by atoms with Crippen LogP contribution in [-0.4, -0.2) is 22.7 Å². The molecule has 0 radical (unpaired) electrons. The second-order valence-electron chi connectivity index (χ2n) is 12.1. The quantitative estimate of drug-likeness (QED) is 0.0690. The van der Waals surface area contributed by atoms with Gasteiger partial charge in [0.2, 0.25) is 0 Å². The van der Waals surface area contributed by atoms with Crippen molar-refractivity contribution in [3.05, 3.63) is 70.4 Å². The third-order valence-electron chi connectivity index (χ3n) is 8.56. The predicted octanol–water partition coefficient (Wildman–Crippen LogP) is 10.6. The van der Waals surface area contributed by atoms with Crippen LogP contribution in [0.5, 0.6) is 5.75 Å². The average Bonchev–Trinajstić information content (AvgIpc) is 3.01. The lowest BCUT2D eigenvalue weighted by Crippen LogP contribution is -2.06. The summed E-state index contributed by atoms with van der Waals surface area (Å²) in [6.45, 7) is 3.06. The van der Waals surface area contributed by atoms with E-state index in [0.29, 0.717) is 33.4 Å². The van der Waals surface area contributed by atoms with Gasteiger partial charge in [-0.1, -0.05) is 109 Å². The molecule has 2 aliphatic rings. The number of anilines is 1. The number of benzene rings is 3. The van der Waals surface area contributed by atoms with Gasteiger partial charge in [-0.25, -0.2) is 4.79 Å². The van der Waals surface area contributed by atoms with Crippen LogP contribution in [0.2, 0.25) is 0 Å². The molecule has 4 rings (SSSR count). The fourth-order valence-electron chi connectivity index (χ4n) is 6.10. The lowest BCUT2D eigenvalue weighted by Gasteiger charge is -2.17. The van der Waals surface area contributed by atoms with E-state index in [-0.39, 0.29) is 16.7 Å². The molecule has 0 atom stereocenters. The third-order valence-corrected chi connectivity index (χ3v) is 8.56. The molecule has 0 bridgehead atoms. The van der Waals surface area contributed by atoms with Gasteiger partial charge in [0.1, 0.15) is 17.1 Å². The van der Waals surface area contributed by atoms with Crippen LogP contribution >= 0.6 is 0 Å². The summed E-state index contributed by atoms with van der Waals surface area (Å²) in [5, 5.41) is 24.2. The number of rotatable bonds is 20. The average molecular weight is 600 g/mol. The van der Waals surface area contributed by atoms with Gasteiger partial charge in [0.05, 0.1) is 5.56 Å². The highest BCUT2D eigenvalue weighted by molar-refractivity contribution is 6.08. The smallest absolute Gasteiger partial charge is 0.336 e. The summed E-state index contributed by atoms with van der Waals surface area (Å²) in [7, 11) is 0. The van der Waals surface area contributed by atoms with Gasteiger partial charge >= 0.3 is 5.97 Å². The minimum Gasteiger partial charge on any atom is -0.508 e. The standard InChI is InChI=1S/C38H49NO5/c1-2-3-4-5-6-7-8-9-10-11-12-13-14-15-16-17-24-39-28-18-21-31(34(25-28)38(42)43)37-32-22-19-29(40)26-35(32)44-36-27-30(41)20-23-33(36)37/h18-23,25-27,39-40H,2-17,24H2,1H3,(H,42,43). The highest BCUT2D eigenvalue weighted by atomic mass is 16.4. The SMILES string of the molecule is CCCCCCCCCCCCCCCCCCNc1ccc(-c2c3ccc(=O)cc-3oc3cc(O)ccc23)c(C(=O)O)c1. The minimum atomic E-state index is -1.03. The van der Waals surface area contributed by atoms with Crippen molar-refractivity contribution in [1.82, 2.24) is 0 Å². The van der Waals surface area contributed by atoms with Crippen LogP contribution in [0.1, 0.15) is 120 Å². The fraction of sp³-hybridized carbons (Fsp3) is 0.474. The van der Waals surface area contributed by atoms with E-state index in [9.17, 15) is 19.8 Å². The van der Waals surface area contributed by atoms with Crippen molar-refractivity contribution in [2.45, 2.75) is 110 Å². The summed E-state index contributed by atoms with van der Waals surface area (Å²) in [6.07, 6.45) is 21.3. The fourth-order valence-corrected chi connectivity index (χ4v) is 6.10. The molecule has 0 saturated carbocycles. The monoisotopic (exact) mass is 599 g/mol. The Balaban J connectivity index is 1.24. The molecule has 1 aliphatic heterocycles. The molecule has 2 aromatic rings. The summed E-state index contributed by atoms with van der Waals surface area (Å²) < 4.78 is 5.92. The van der Waals surface area contributed by atoms with Crippen LogP contribution in [0.15, 0.2) is 63.8 Å². The Bertz CT molecular complexity index is 1510. The number of aromatic hydroxyl groups is 1. The van der Waals surface area contributed by atoms with E-state index < -0.39 is 5.97 Å². The zero-order chi connectivity index (χ0) is 31.1. The van der Waals surface area contributed by atoms with Crippen molar-refractivity contribution >= 4 is 22.6 Å². The molecule has 6 heteroatoms. The van der Waals surface area contributed by atoms with E-state index in [1.165, 1.54) is 108 Å². The van der Waals surface area contributed by atoms with E-state index in [2.05, 4.69) is 12.2 Å². The van der Waals surface area contributed by atoms with Crippen LogP contribution < -0.4 is 10.7 Å². The maximum Gasteiger partial charge on any atom is 0.336 e. The van der Waals surface area contributed by atoms with Crippen molar-refractivity contribution in [3.63, 3.8) is 0 Å². The number of carboxylic acids is 1. The molecule has 0 fully saturated rings. The van der Waals surface area contributed by atoms with Crippen LogP contribution in [-0.2, 0) is 0 Å². The third kappa shape index (κ3) is 9.60. The number of hydrogen-bond acceptors (Lipinski definition) is 5. The lowest BCUT2D eigenvalue weighted by molar-refractivity contribution is 0.0697. The lowest BCUT2D eigenvalue weighted by atomic mass is 9.90. The molecule has 3 N–H and O–H groups in total. The molecule has 0 aromatic heterocycles. The van der Waals surface area contributed by atoms with Gasteiger partial charge in [0.15, 0.2) is 5.43 Å². The van der Waals surface area contributed by atoms with Crippen LogP contribution in [0.25, 0.3) is 33.4 Å². The van der Waals surface area contributed by atoms with Crippen molar-refractivity contribution in [2.75, 3.05) is 11.9 Å². The first-order valence-corrected chi connectivity index (χ1v) is 16.8. The molecule has 0 amide bonds. The number of carboxylic acid groups (broad SMARTS) is 1. The molecule has 1 heterocycles. The number of unbranched alkanes of at least 4 members (excludes halogenated alkanes) is 15. The number of fused-ring (bicyclic) bond motifs is 2. The van der Waals surface area contributed by atoms with Crippen molar-refractivity contribution in [3.8, 4) is 28.2 Å². The molecule has 44 heavy (non-hydrogen) atoms. The predicted molar refractivity (Wildman–Crippen MR) is 181 cm³/mol. The van der Waals surface area contributed by atoms with Gasteiger partial charge in [0.25, 0.3) is 0 Å². The first-order valence-electron chi connectivity index (χ1n) is 16.8. The molecule has 236 valence electrons. The van der Waals surface area contributed by atoms with Crippen molar-refractivity contribution in [1.29, 1.82) is 0 Å². The molecule has 0 spiro atoms. The Hall–Kier alpha value is -3.80. The van der Waals surface area contributed by atoms with Gasteiger partial charge in [0, 0.05) is 40.9 Å². The van der Waals surface area contributed by atoms with Crippen LogP contribution in [0, 0.1) is 0 Å². The van der Waals surface area contributed by atoms with E-state index in [1.807, 2.05) is 12.1 Å². The number of aromatic carboxylic acids is 1. The summed E-state index contributed by atoms with van der Waals surface area (Å²) in [5.74, 6) is -0.670. The highest BCUT2D eigenvalue weighted by Crippen LogP contribution is 2.42. The molecule has 0 saturated heterocycles. The van der Waals surface area contributed by atoms with Crippen LogP contribution in [0.4, 0.5) is 5.69 Å². The molecule has 2 aromatic carbocycles. The Morgan fingerprint density at radius 2 is 1.30 bits per heavy atom. The molecular weight excluding hydrogens is 550 g/mol. The second kappa shape index (κ2) is 17.5. The van der Waals surface area contributed by atoms with E-state index in [0.717, 1.165) is 25.1 Å². The molecule has 6 nitrogen and oxygen atoms in total. The number of carbonyl (C=O) groups is 1. The normalized spacial score (nSPS) is 11.4. The molecular formula is C38H49NO5. The zero-order valence-corrected chi connectivity index (χ0v) is 26.3. The minimum absolute atomic E-state index is 0.0249. The van der Waals surface area contributed by atoms with E-state index >= 15 is 0 Å². The Kier molecular flexibility index (Phi) is 13.2. The molecule has 1 aliphatic carbocycles. The topological polar surface area (TPSA) is 99.8 Å². The largest absolute Gasteiger partial charge is 0.508 e. The Morgan fingerprint density at radius 1 is 0.705 bits per heavy atom. The Morgan fingerprint density at radius 3 is 1.91 bits per heavy atom. The summed E-state index contributed by atoms with van der Waals surface area (Å²) in [4.78, 5) is 24.5. The van der Waals surface area contributed by atoms with E-state index in [1.54, 1.807) is 24.3 Å². The van der Waals surface area contributed by atoms with Gasteiger partial charge < -0.3 is 19.9 Å². The van der Waals surface area contributed by atoms with Gasteiger partial charge in [-0.2, -0.15) is 0 Å². The second-order valence-corrected chi connectivity index (χ2v) is 12.1. The summed E-state index contributed by atoms with van der Waals surface area (Å²) >= 11 is 0. The first kappa shape index (κ1) is 33.1. The molecule has 0 unspecified atom stereocenters. The van der Waals surface area contributed by atoms with E-state index in [4.69, 9.17) is 4.42 Å². The number of nitrogens with one attached hydrogen (secondary N) is 1. The zero-order valence-electron chi connectivity index (χ0n) is 26.3. The number of phenols is 1. The first-order chi connectivity index (χ1) is 21.5. The highest BCUT2D eigenvalue weighted by Gasteiger charge is 2.22. The maximum atomic E-state index is 12.4. The Labute approximate surface area is 261 Å². The number of phenolic OH excluding ortho intramolecular Hbond substituents is 1. The van der Waals surface area contributed by atoms with Gasteiger partial charge in [-0.3, -0.25) is 4.79 Å².